The zero-order valence-electron chi connectivity index (χ0n) is 9.60. The van der Waals surface area contributed by atoms with Crippen molar-refractivity contribution in [2.24, 2.45) is 0 Å². The number of aliphatic hydroxyl groups excluding tert-OH is 1. The Kier molecular flexibility index (Phi) is 4.22. The molecule has 1 atom stereocenters. The van der Waals surface area contributed by atoms with E-state index in [0.29, 0.717) is 20.5 Å². The summed E-state index contributed by atoms with van der Waals surface area (Å²) in [6.07, 6.45) is 0.673. The molecule has 1 aromatic heterocycles. The minimum absolute atomic E-state index is 0.291. The van der Waals surface area contributed by atoms with Crippen molar-refractivity contribution in [2.75, 3.05) is 0 Å². The highest BCUT2D eigenvalue weighted by Crippen LogP contribution is 2.33. The molecule has 1 heterocycles. The molecular formula is C13H11ClFNOS. The zero-order chi connectivity index (χ0) is 13.1. The van der Waals surface area contributed by atoms with Gasteiger partial charge in [-0.2, -0.15) is 0 Å². The van der Waals surface area contributed by atoms with Crippen LogP contribution >= 0.6 is 23.4 Å². The maximum Gasteiger partial charge on any atom is 0.130 e. The topological polar surface area (TPSA) is 33.1 Å². The van der Waals surface area contributed by atoms with Crippen molar-refractivity contribution in [3.63, 3.8) is 0 Å². The normalized spacial score (nSPS) is 12.4. The molecular weight excluding hydrogens is 273 g/mol. The molecule has 2 nitrogen and oxygen atoms in total. The Morgan fingerprint density at radius 3 is 2.72 bits per heavy atom. The lowest BCUT2D eigenvalue weighted by Crippen LogP contribution is -1.98. The number of aliphatic hydroxyl groups is 1. The summed E-state index contributed by atoms with van der Waals surface area (Å²) >= 11 is 7.05. The third kappa shape index (κ3) is 3.02. The number of rotatable bonds is 3. The Morgan fingerprint density at radius 2 is 2.11 bits per heavy atom. The van der Waals surface area contributed by atoms with E-state index in [2.05, 4.69) is 4.98 Å². The van der Waals surface area contributed by atoms with Gasteiger partial charge in [0.05, 0.1) is 11.1 Å². The second-order valence-electron chi connectivity index (χ2n) is 3.74. The van der Waals surface area contributed by atoms with Gasteiger partial charge in [0.1, 0.15) is 10.8 Å². The minimum Gasteiger partial charge on any atom is -0.389 e. The number of aromatic nitrogens is 1. The molecule has 5 heteroatoms. The zero-order valence-corrected chi connectivity index (χ0v) is 11.2. The van der Waals surface area contributed by atoms with Crippen LogP contribution in [0.5, 0.6) is 0 Å². The van der Waals surface area contributed by atoms with Crippen molar-refractivity contribution in [1.82, 2.24) is 4.98 Å². The van der Waals surface area contributed by atoms with Crippen LogP contribution in [0.3, 0.4) is 0 Å². The fourth-order valence-electron chi connectivity index (χ4n) is 1.55. The SMILES string of the molecule is CC(O)c1c(F)cccc1Sc1ccc(Cl)cn1. The van der Waals surface area contributed by atoms with E-state index in [4.69, 9.17) is 11.6 Å². The summed E-state index contributed by atoms with van der Waals surface area (Å²) in [5.41, 5.74) is 0.291. The van der Waals surface area contributed by atoms with E-state index >= 15 is 0 Å². The predicted molar refractivity (Wildman–Crippen MR) is 70.4 cm³/mol. The van der Waals surface area contributed by atoms with E-state index in [1.807, 2.05) is 0 Å². The first-order valence-corrected chi connectivity index (χ1v) is 6.53. The summed E-state index contributed by atoms with van der Waals surface area (Å²) < 4.78 is 13.7. The summed E-state index contributed by atoms with van der Waals surface area (Å²) in [5.74, 6) is -0.413. The standard InChI is InChI=1S/C13H11ClFNOS/c1-8(17)13-10(15)3-2-4-11(13)18-12-6-5-9(14)7-16-12/h2-8,17H,1H3. The third-order valence-corrected chi connectivity index (χ3v) is 3.60. The molecule has 2 rings (SSSR count). The Hall–Kier alpha value is -1.10. The quantitative estimate of drug-likeness (QED) is 0.921. The Labute approximate surface area is 114 Å². The molecule has 0 aliphatic rings. The second kappa shape index (κ2) is 5.69. The molecule has 1 N–H and O–H groups in total. The summed E-state index contributed by atoms with van der Waals surface area (Å²) in [6, 6.07) is 8.18. The van der Waals surface area contributed by atoms with Crippen molar-refractivity contribution >= 4 is 23.4 Å². The second-order valence-corrected chi connectivity index (χ2v) is 5.24. The van der Waals surface area contributed by atoms with Gasteiger partial charge < -0.3 is 5.11 Å². The largest absolute Gasteiger partial charge is 0.389 e. The van der Waals surface area contributed by atoms with Crippen molar-refractivity contribution < 1.29 is 9.50 Å². The van der Waals surface area contributed by atoms with Crippen LogP contribution in [0.2, 0.25) is 5.02 Å². The lowest BCUT2D eigenvalue weighted by Gasteiger charge is -2.12. The molecule has 0 aliphatic heterocycles. The predicted octanol–water partition coefficient (Wildman–Crippen LogP) is 4.08. The minimum atomic E-state index is -0.860. The molecule has 2 aromatic rings. The number of pyridine rings is 1. The Morgan fingerprint density at radius 1 is 1.33 bits per heavy atom. The van der Waals surface area contributed by atoms with E-state index in [1.165, 1.54) is 30.9 Å². The molecule has 0 spiro atoms. The van der Waals surface area contributed by atoms with Crippen molar-refractivity contribution in [3.8, 4) is 0 Å². The Bertz CT molecular complexity index is 545. The molecule has 0 saturated carbocycles. The lowest BCUT2D eigenvalue weighted by atomic mass is 10.1. The Balaban J connectivity index is 2.34. The molecule has 1 unspecified atom stereocenters. The highest BCUT2D eigenvalue weighted by Gasteiger charge is 2.14. The van der Waals surface area contributed by atoms with Crippen LogP contribution < -0.4 is 0 Å². The number of halogens is 2. The van der Waals surface area contributed by atoms with E-state index in [9.17, 15) is 9.50 Å². The van der Waals surface area contributed by atoms with Gasteiger partial charge in [0.15, 0.2) is 0 Å². The first kappa shape index (κ1) is 13.3. The van der Waals surface area contributed by atoms with Gasteiger partial charge in [-0.05, 0) is 31.2 Å². The number of hydrogen-bond acceptors (Lipinski definition) is 3. The summed E-state index contributed by atoms with van der Waals surface area (Å²) in [7, 11) is 0. The van der Waals surface area contributed by atoms with Crippen LogP contribution in [0.15, 0.2) is 46.5 Å². The fourth-order valence-corrected chi connectivity index (χ4v) is 2.65. The highest BCUT2D eigenvalue weighted by molar-refractivity contribution is 7.99. The van der Waals surface area contributed by atoms with Gasteiger partial charge in [0.25, 0.3) is 0 Å². The van der Waals surface area contributed by atoms with E-state index < -0.39 is 11.9 Å². The van der Waals surface area contributed by atoms with Gasteiger partial charge in [-0.25, -0.2) is 9.37 Å². The van der Waals surface area contributed by atoms with Crippen molar-refractivity contribution in [1.29, 1.82) is 0 Å². The third-order valence-electron chi connectivity index (χ3n) is 2.35. The van der Waals surface area contributed by atoms with Gasteiger partial charge >= 0.3 is 0 Å². The maximum absolute atomic E-state index is 13.7. The summed E-state index contributed by atoms with van der Waals surface area (Å²) in [5, 5.41) is 10.9. The van der Waals surface area contributed by atoms with Crippen LogP contribution in [0.4, 0.5) is 4.39 Å². The molecule has 1 aromatic carbocycles. The van der Waals surface area contributed by atoms with Gasteiger partial charge in [-0.15, -0.1) is 0 Å². The number of nitrogens with zero attached hydrogens (tertiary/aromatic N) is 1. The van der Waals surface area contributed by atoms with Crippen LogP contribution in [0, 0.1) is 5.82 Å². The van der Waals surface area contributed by atoms with Gasteiger partial charge in [0, 0.05) is 16.7 Å². The lowest BCUT2D eigenvalue weighted by molar-refractivity contribution is 0.191. The first-order valence-electron chi connectivity index (χ1n) is 5.34. The van der Waals surface area contributed by atoms with Crippen molar-refractivity contribution in [3.05, 3.63) is 52.9 Å². The van der Waals surface area contributed by atoms with Crippen LogP contribution in [-0.4, -0.2) is 10.1 Å². The maximum atomic E-state index is 13.7. The average molecular weight is 284 g/mol. The molecule has 0 fully saturated rings. The molecule has 94 valence electrons. The van der Waals surface area contributed by atoms with Gasteiger partial charge in [-0.1, -0.05) is 29.4 Å². The number of hydrogen-bond donors (Lipinski definition) is 1. The van der Waals surface area contributed by atoms with E-state index in [1.54, 1.807) is 24.3 Å². The smallest absolute Gasteiger partial charge is 0.130 e. The van der Waals surface area contributed by atoms with Gasteiger partial charge in [-0.3, -0.25) is 0 Å². The first-order chi connectivity index (χ1) is 8.58. The highest BCUT2D eigenvalue weighted by atomic mass is 35.5. The molecule has 0 saturated heterocycles. The van der Waals surface area contributed by atoms with E-state index in [-0.39, 0.29) is 0 Å². The number of benzene rings is 1. The molecule has 18 heavy (non-hydrogen) atoms. The van der Waals surface area contributed by atoms with Gasteiger partial charge in [0.2, 0.25) is 0 Å². The summed E-state index contributed by atoms with van der Waals surface area (Å²) in [6.45, 7) is 1.54. The molecule has 0 bridgehead atoms. The summed E-state index contributed by atoms with van der Waals surface area (Å²) in [4.78, 5) is 4.78. The molecule has 0 amide bonds. The van der Waals surface area contributed by atoms with E-state index in [0.717, 1.165) is 0 Å². The monoisotopic (exact) mass is 283 g/mol. The van der Waals surface area contributed by atoms with Crippen LogP contribution in [-0.2, 0) is 0 Å². The van der Waals surface area contributed by atoms with Crippen LogP contribution in [0.1, 0.15) is 18.6 Å². The average Bonchev–Trinajstić information content (AvgIpc) is 2.32. The molecule has 0 aliphatic carbocycles. The molecule has 0 radical (unpaired) electrons. The fraction of sp³-hybridized carbons (Fsp3) is 0.154. The van der Waals surface area contributed by atoms with Crippen molar-refractivity contribution in [2.45, 2.75) is 22.9 Å². The van der Waals surface area contributed by atoms with Crippen LogP contribution in [0.25, 0.3) is 0 Å².